The molecule has 1 aromatic rings. The van der Waals surface area contributed by atoms with Gasteiger partial charge in [-0.15, -0.1) is 11.3 Å². The largest absolute Gasteiger partial charge is 0.348 e. The second-order valence-corrected chi connectivity index (χ2v) is 4.99. The first kappa shape index (κ1) is 9.94. The highest BCUT2D eigenvalue weighted by Crippen LogP contribution is 2.27. The highest BCUT2D eigenvalue weighted by molar-refractivity contribution is 9.10. The van der Waals surface area contributed by atoms with Gasteiger partial charge in [-0.3, -0.25) is 0 Å². The quantitative estimate of drug-likeness (QED) is 0.789. The van der Waals surface area contributed by atoms with Crippen LogP contribution in [0.15, 0.2) is 9.98 Å². The molecule has 1 aliphatic heterocycles. The zero-order valence-corrected chi connectivity index (χ0v) is 10.0. The fourth-order valence-corrected chi connectivity index (χ4v) is 2.89. The maximum absolute atomic E-state index is 8.76. The smallest absolute Gasteiger partial charge is 0.186 e. The van der Waals surface area contributed by atoms with Crippen molar-refractivity contribution < 1.29 is 0 Å². The first-order valence-corrected chi connectivity index (χ1v) is 6.22. The van der Waals surface area contributed by atoms with Crippen LogP contribution in [0.5, 0.6) is 0 Å². The van der Waals surface area contributed by atoms with E-state index in [-0.39, 0.29) is 5.92 Å². The molecule has 0 amide bonds. The predicted octanol–water partition coefficient (Wildman–Crippen LogP) is 2.65. The maximum atomic E-state index is 8.76. The van der Waals surface area contributed by atoms with Gasteiger partial charge in [0.05, 0.1) is 6.07 Å². The second kappa shape index (κ2) is 4.28. The standard InChI is InChI=1S/C9H10BrN3S/c10-8-6-14-9(12-8)13-3-1-7(5-11)2-4-13/h6-7H,1-4H2. The molecule has 0 aromatic carbocycles. The van der Waals surface area contributed by atoms with E-state index >= 15 is 0 Å². The number of thiazole rings is 1. The molecule has 0 atom stereocenters. The summed E-state index contributed by atoms with van der Waals surface area (Å²) in [6, 6.07) is 2.33. The third-order valence-electron chi connectivity index (χ3n) is 2.41. The Morgan fingerprint density at radius 3 is 2.79 bits per heavy atom. The lowest BCUT2D eigenvalue weighted by Crippen LogP contribution is -2.33. The normalized spacial score (nSPS) is 18.1. The summed E-state index contributed by atoms with van der Waals surface area (Å²) in [5.74, 6) is 0.245. The lowest BCUT2D eigenvalue weighted by molar-refractivity contribution is 0.487. The van der Waals surface area contributed by atoms with Gasteiger partial charge in [0.1, 0.15) is 4.60 Å². The van der Waals surface area contributed by atoms with Gasteiger partial charge < -0.3 is 4.90 Å². The van der Waals surface area contributed by atoms with E-state index in [1.807, 2.05) is 5.38 Å². The minimum Gasteiger partial charge on any atom is -0.348 e. The number of anilines is 1. The van der Waals surface area contributed by atoms with Crippen LogP contribution in [0.3, 0.4) is 0 Å². The van der Waals surface area contributed by atoms with Crippen LogP contribution in [0.1, 0.15) is 12.8 Å². The van der Waals surface area contributed by atoms with Gasteiger partial charge in [0, 0.05) is 24.4 Å². The molecular formula is C9H10BrN3S. The molecule has 0 bridgehead atoms. The van der Waals surface area contributed by atoms with Crippen LogP contribution in [0, 0.1) is 17.2 Å². The van der Waals surface area contributed by atoms with Crippen molar-refractivity contribution in [3.8, 4) is 6.07 Å². The average molecular weight is 272 g/mol. The third kappa shape index (κ3) is 2.07. The van der Waals surface area contributed by atoms with Gasteiger partial charge in [0.2, 0.25) is 0 Å². The molecular weight excluding hydrogens is 262 g/mol. The minimum atomic E-state index is 0.245. The summed E-state index contributed by atoms with van der Waals surface area (Å²) < 4.78 is 0.903. The van der Waals surface area contributed by atoms with E-state index in [1.165, 1.54) is 0 Å². The zero-order valence-electron chi connectivity index (χ0n) is 7.61. The second-order valence-electron chi connectivity index (χ2n) is 3.34. The van der Waals surface area contributed by atoms with Crippen molar-refractivity contribution in [1.82, 2.24) is 4.98 Å². The molecule has 0 saturated carbocycles. The third-order valence-corrected chi connectivity index (χ3v) is 4.02. The minimum absolute atomic E-state index is 0.245. The molecule has 2 rings (SSSR count). The highest BCUT2D eigenvalue weighted by Gasteiger charge is 2.20. The van der Waals surface area contributed by atoms with E-state index in [4.69, 9.17) is 5.26 Å². The summed E-state index contributed by atoms with van der Waals surface area (Å²) in [6.07, 6.45) is 1.93. The molecule has 1 aliphatic rings. The molecule has 5 heteroatoms. The van der Waals surface area contributed by atoms with Gasteiger partial charge in [0.15, 0.2) is 5.13 Å². The summed E-state index contributed by atoms with van der Waals surface area (Å²) >= 11 is 4.99. The Morgan fingerprint density at radius 2 is 2.29 bits per heavy atom. The summed E-state index contributed by atoms with van der Waals surface area (Å²) in [5, 5.41) is 11.8. The molecule has 0 spiro atoms. The topological polar surface area (TPSA) is 39.9 Å². The monoisotopic (exact) mass is 271 g/mol. The first-order valence-electron chi connectivity index (χ1n) is 4.55. The zero-order chi connectivity index (χ0) is 9.97. The fourth-order valence-electron chi connectivity index (χ4n) is 1.59. The van der Waals surface area contributed by atoms with E-state index in [0.29, 0.717) is 0 Å². The van der Waals surface area contributed by atoms with Crippen molar-refractivity contribution in [1.29, 1.82) is 5.26 Å². The summed E-state index contributed by atoms with van der Waals surface area (Å²) in [4.78, 5) is 6.62. The van der Waals surface area contributed by atoms with Gasteiger partial charge in [-0.1, -0.05) is 0 Å². The van der Waals surface area contributed by atoms with E-state index in [9.17, 15) is 0 Å². The lowest BCUT2D eigenvalue weighted by atomic mass is 9.99. The highest BCUT2D eigenvalue weighted by atomic mass is 79.9. The van der Waals surface area contributed by atoms with Crippen LogP contribution >= 0.6 is 27.3 Å². The van der Waals surface area contributed by atoms with E-state index < -0.39 is 0 Å². The lowest BCUT2D eigenvalue weighted by Gasteiger charge is -2.28. The average Bonchev–Trinajstić information content (AvgIpc) is 2.65. The number of hydrogen-bond acceptors (Lipinski definition) is 4. The SMILES string of the molecule is N#CC1CCN(c2nc(Br)cs2)CC1. The molecule has 2 heterocycles. The van der Waals surface area contributed by atoms with Crippen molar-refractivity contribution in [2.45, 2.75) is 12.8 Å². The van der Waals surface area contributed by atoms with Gasteiger partial charge in [0.25, 0.3) is 0 Å². The number of hydrogen-bond donors (Lipinski definition) is 0. The van der Waals surface area contributed by atoms with Crippen molar-refractivity contribution in [2.24, 2.45) is 5.92 Å². The van der Waals surface area contributed by atoms with Crippen molar-refractivity contribution >= 4 is 32.4 Å². The first-order chi connectivity index (χ1) is 6.79. The Kier molecular flexibility index (Phi) is 3.04. The van der Waals surface area contributed by atoms with Crippen LogP contribution < -0.4 is 4.90 Å². The summed E-state index contributed by atoms with van der Waals surface area (Å²) in [7, 11) is 0. The van der Waals surface area contributed by atoms with Crippen LogP contribution in [-0.2, 0) is 0 Å². The van der Waals surface area contributed by atoms with Gasteiger partial charge in [-0.05, 0) is 28.8 Å². The Hall–Kier alpha value is -0.600. The fraction of sp³-hybridized carbons (Fsp3) is 0.556. The number of nitriles is 1. The molecule has 1 fully saturated rings. The van der Waals surface area contributed by atoms with Crippen molar-refractivity contribution in [2.75, 3.05) is 18.0 Å². The van der Waals surface area contributed by atoms with Gasteiger partial charge >= 0.3 is 0 Å². The van der Waals surface area contributed by atoms with E-state index in [0.717, 1.165) is 35.7 Å². The van der Waals surface area contributed by atoms with Crippen LogP contribution in [0.25, 0.3) is 0 Å². The van der Waals surface area contributed by atoms with Gasteiger partial charge in [-0.25, -0.2) is 4.98 Å². The Balaban J connectivity index is 1.99. The van der Waals surface area contributed by atoms with Crippen LogP contribution in [0.2, 0.25) is 0 Å². The van der Waals surface area contributed by atoms with Crippen LogP contribution in [0.4, 0.5) is 5.13 Å². The van der Waals surface area contributed by atoms with Crippen molar-refractivity contribution in [3.63, 3.8) is 0 Å². The summed E-state index contributed by atoms with van der Waals surface area (Å²) in [5.41, 5.74) is 0. The van der Waals surface area contributed by atoms with Crippen molar-refractivity contribution in [3.05, 3.63) is 9.98 Å². The molecule has 0 N–H and O–H groups in total. The number of halogens is 1. The number of piperidine rings is 1. The Labute approximate surface area is 95.5 Å². The van der Waals surface area contributed by atoms with Gasteiger partial charge in [-0.2, -0.15) is 5.26 Å². The molecule has 0 aliphatic carbocycles. The van der Waals surface area contributed by atoms with Crippen LogP contribution in [-0.4, -0.2) is 18.1 Å². The molecule has 0 radical (unpaired) electrons. The number of rotatable bonds is 1. The molecule has 1 saturated heterocycles. The molecule has 14 heavy (non-hydrogen) atoms. The maximum Gasteiger partial charge on any atom is 0.186 e. The summed E-state index contributed by atoms with van der Waals surface area (Å²) in [6.45, 7) is 1.91. The van der Waals surface area contributed by atoms with E-state index in [1.54, 1.807) is 11.3 Å². The van der Waals surface area contributed by atoms with E-state index in [2.05, 4.69) is 31.9 Å². The number of aromatic nitrogens is 1. The molecule has 74 valence electrons. The predicted molar refractivity (Wildman–Crippen MR) is 60.4 cm³/mol. The Morgan fingerprint density at radius 1 is 1.57 bits per heavy atom. The molecule has 1 aromatic heterocycles. The molecule has 3 nitrogen and oxygen atoms in total. The Bertz CT molecular complexity index is 349. The number of nitrogens with zero attached hydrogens (tertiary/aromatic N) is 3. The molecule has 0 unspecified atom stereocenters.